The molecule has 2 rings (SSSR count). The van der Waals surface area contributed by atoms with Gasteiger partial charge in [-0.2, -0.15) is 0 Å². The molecule has 1 aromatic carbocycles. The maximum atomic E-state index is 13.0. The second-order valence-electron chi connectivity index (χ2n) is 4.06. The second-order valence-corrected chi connectivity index (χ2v) is 4.46. The third-order valence-corrected chi connectivity index (χ3v) is 2.79. The summed E-state index contributed by atoms with van der Waals surface area (Å²) in [5, 5.41) is 13.1. The molecular weight excluding hydrogens is 295 g/mol. The van der Waals surface area contributed by atoms with Crippen LogP contribution in [0, 0.1) is 5.82 Å². The first-order valence-corrected chi connectivity index (χ1v) is 6.43. The van der Waals surface area contributed by atoms with Crippen LogP contribution in [0.1, 0.15) is 10.5 Å². The van der Waals surface area contributed by atoms with Gasteiger partial charge in [-0.3, -0.25) is 4.79 Å². The molecule has 0 atom stereocenters. The second kappa shape index (κ2) is 6.81. The Morgan fingerprint density at radius 3 is 2.76 bits per heavy atom. The number of hydrogen-bond donors (Lipinski definition) is 2. The van der Waals surface area contributed by atoms with Crippen LogP contribution >= 0.6 is 11.6 Å². The van der Waals surface area contributed by atoms with E-state index in [0.29, 0.717) is 18.1 Å². The number of amides is 1. The van der Waals surface area contributed by atoms with Crippen LogP contribution in [0.3, 0.4) is 0 Å². The smallest absolute Gasteiger partial charge is 0.276 e. The van der Waals surface area contributed by atoms with Crippen molar-refractivity contribution in [1.29, 1.82) is 0 Å². The molecule has 1 amide bonds. The minimum Gasteiger partial charge on any atom is -0.365 e. The maximum absolute atomic E-state index is 13.0. The van der Waals surface area contributed by atoms with Crippen LogP contribution in [0.5, 0.6) is 0 Å². The minimum absolute atomic E-state index is 0.0668. The highest BCUT2D eigenvalue weighted by Crippen LogP contribution is 2.19. The monoisotopic (exact) mass is 306 g/mol. The Hall–Kier alpha value is -2.47. The normalized spacial score (nSPS) is 10.0. The first-order valence-electron chi connectivity index (χ1n) is 6.05. The van der Waals surface area contributed by atoms with Gasteiger partial charge in [-0.25, -0.2) is 4.39 Å². The molecule has 0 fully saturated rings. The molecule has 5 nitrogen and oxygen atoms in total. The molecule has 0 unspecified atom stereocenters. The average molecular weight is 307 g/mol. The van der Waals surface area contributed by atoms with Crippen molar-refractivity contribution < 1.29 is 9.18 Å². The zero-order valence-electron chi connectivity index (χ0n) is 10.9. The van der Waals surface area contributed by atoms with Gasteiger partial charge in [0.25, 0.3) is 5.91 Å². The standard InChI is InChI=1S/C14H12ClFN4O/c1-2-7-17-13-6-5-12(19-20-13)14(21)18-9-3-4-11(16)10(15)8-9/h2-6,8H,1,7H2,(H,17,20)(H,18,21). The summed E-state index contributed by atoms with van der Waals surface area (Å²) in [6.45, 7) is 4.12. The van der Waals surface area contributed by atoms with E-state index in [9.17, 15) is 9.18 Å². The summed E-state index contributed by atoms with van der Waals surface area (Å²) in [6.07, 6.45) is 1.68. The molecule has 0 saturated heterocycles. The molecule has 0 aliphatic rings. The van der Waals surface area contributed by atoms with Crippen LogP contribution in [0.15, 0.2) is 43.0 Å². The van der Waals surface area contributed by atoms with Gasteiger partial charge in [0.1, 0.15) is 11.6 Å². The molecule has 1 heterocycles. The molecule has 0 radical (unpaired) electrons. The van der Waals surface area contributed by atoms with Crippen LogP contribution in [0.25, 0.3) is 0 Å². The molecule has 0 aliphatic carbocycles. The van der Waals surface area contributed by atoms with Crippen LogP contribution in [0.2, 0.25) is 5.02 Å². The first-order chi connectivity index (χ1) is 10.1. The molecule has 2 aromatic rings. The Labute approximate surface area is 125 Å². The van der Waals surface area contributed by atoms with E-state index in [-0.39, 0.29) is 10.7 Å². The fourth-order valence-corrected chi connectivity index (χ4v) is 1.67. The molecule has 0 spiro atoms. The SMILES string of the molecule is C=CCNc1ccc(C(=O)Nc2ccc(F)c(Cl)c2)nn1. The van der Waals surface area contributed by atoms with Crippen molar-refractivity contribution in [2.24, 2.45) is 0 Å². The summed E-state index contributed by atoms with van der Waals surface area (Å²) in [5.41, 5.74) is 0.515. The lowest BCUT2D eigenvalue weighted by atomic mass is 10.3. The molecule has 0 saturated carbocycles. The van der Waals surface area contributed by atoms with Crippen molar-refractivity contribution >= 4 is 29.0 Å². The lowest BCUT2D eigenvalue weighted by Crippen LogP contribution is -2.15. The number of carbonyl (C=O) groups excluding carboxylic acids is 1. The van der Waals surface area contributed by atoms with E-state index in [1.807, 2.05) is 0 Å². The molecule has 0 bridgehead atoms. The highest BCUT2D eigenvalue weighted by atomic mass is 35.5. The topological polar surface area (TPSA) is 66.9 Å². The van der Waals surface area contributed by atoms with Crippen molar-refractivity contribution in [3.8, 4) is 0 Å². The molecule has 108 valence electrons. The molecule has 0 aliphatic heterocycles. The summed E-state index contributed by atoms with van der Waals surface area (Å²) >= 11 is 5.64. The minimum atomic E-state index is -0.549. The van der Waals surface area contributed by atoms with Crippen LogP contribution < -0.4 is 10.6 Å². The number of rotatable bonds is 5. The summed E-state index contributed by atoms with van der Waals surface area (Å²) in [6, 6.07) is 7.06. The van der Waals surface area contributed by atoms with Gasteiger partial charge in [0, 0.05) is 12.2 Å². The van der Waals surface area contributed by atoms with E-state index < -0.39 is 11.7 Å². The molecule has 2 N–H and O–H groups in total. The summed E-state index contributed by atoms with van der Waals surface area (Å²) in [7, 11) is 0. The van der Waals surface area contributed by atoms with Crippen molar-refractivity contribution in [1.82, 2.24) is 10.2 Å². The number of nitrogens with zero attached hydrogens (tertiary/aromatic N) is 2. The van der Waals surface area contributed by atoms with Crippen molar-refractivity contribution in [3.63, 3.8) is 0 Å². The van der Waals surface area contributed by atoms with Crippen molar-refractivity contribution in [2.45, 2.75) is 0 Å². The number of hydrogen-bond acceptors (Lipinski definition) is 4. The molecular formula is C14H12ClFN4O. The lowest BCUT2D eigenvalue weighted by molar-refractivity contribution is 0.102. The van der Waals surface area contributed by atoms with E-state index in [1.54, 1.807) is 12.1 Å². The number of aromatic nitrogens is 2. The molecule has 7 heteroatoms. The third kappa shape index (κ3) is 4.00. The highest BCUT2D eigenvalue weighted by molar-refractivity contribution is 6.31. The summed E-state index contributed by atoms with van der Waals surface area (Å²) < 4.78 is 13.0. The predicted octanol–water partition coefficient (Wildman–Crippen LogP) is 3.12. The molecule has 1 aromatic heterocycles. The predicted molar refractivity (Wildman–Crippen MR) is 80.1 cm³/mol. The quantitative estimate of drug-likeness (QED) is 0.833. The van der Waals surface area contributed by atoms with E-state index in [2.05, 4.69) is 27.4 Å². The fraction of sp³-hybridized carbons (Fsp3) is 0.0714. The van der Waals surface area contributed by atoms with E-state index >= 15 is 0 Å². The first kappa shape index (κ1) is 14.9. The third-order valence-electron chi connectivity index (χ3n) is 2.50. The van der Waals surface area contributed by atoms with Gasteiger partial charge in [-0.05, 0) is 30.3 Å². The average Bonchev–Trinajstić information content (AvgIpc) is 2.49. The summed E-state index contributed by atoms with van der Waals surface area (Å²) in [4.78, 5) is 11.9. The number of nitrogens with one attached hydrogen (secondary N) is 2. The Kier molecular flexibility index (Phi) is 4.84. The lowest BCUT2D eigenvalue weighted by Gasteiger charge is -2.06. The van der Waals surface area contributed by atoms with E-state index in [1.165, 1.54) is 24.3 Å². The van der Waals surface area contributed by atoms with Crippen LogP contribution in [0.4, 0.5) is 15.9 Å². The zero-order valence-corrected chi connectivity index (χ0v) is 11.7. The maximum Gasteiger partial charge on any atom is 0.276 e. The van der Waals surface area contributed by atoms with Gasteiger partial charge in [0.2, 0.25) is 0 Å². The molecule has 21 heavy (non-hydrogen) atoms. The van der Waals surface area contributed by atoms with Crippen molar-refractivity contribution in [3.05, 3.63) is 59.5 Å². The fourth-order valence-electron chi connectivity index (χ4n) is 1.49. The highest BCUT2D eigenvalue weighted by Gasteiger charge is 2.10. The van der Waals surface area contributed by atoms with Gasteiger partial charge >= 0.3 is 0 Å². The number of anilines is 2. The van der Waals surface area contributed by atoms with Crippen LogP contribution in [-0.2, 0) is 0 Å². The Morgan fingerprint density at radius 1 is 1.33 bits per heavy atom. The van der Waals surface area contributed by atoms with E-state index in [0.717, 1.165) is 0 Å². The summed E-state index contributed by atoms with van der Waals surface area (Å²) in [5.74, 6) is -0.469. The van der Waals surface area contributed by atoms with Gasteiger partial charge in [-0.15, -0.1) is 16.8 Å². The Balaban J connectivity index is 2.05. The van der Waals surface area contributed by atoms with Gasteiger partial charge in [-0.1, -0.05) is 17.7 Å². The van der Waals surface area contributed by atoms with Crippen molar-refractivity contribution in [2.75, 3.05) is 17.2 Å². The zero-order chi connectivity index (χ0) is 15.2. The Bertz CT molecular complexity index is 661. The van der Waals surface area contributed by atoms with Gasteiger partial charge in [0.05, 0.1) is 5.02 Å². The number of carbonyl (C=O) groups is 1. The van der Waals surface area contributed by atoms with Gasteiger partial charge < -0.3 is 10.6 Å². The number of benzene rings is 1. The number of halogens is 2. The van der Waals surface area contributed by atoms with E-state index in [4.69, 9.17) is 11.6 Å². The van der Waals surface area contributed by atoms with Crippen LogP contribution in [-0.4, -0.2) is 22.6 Å². The largest absolute Gasteiger partial charge is 0.365 e. The van der Waals surface area contributed by atoms with Gasteiger partial charge in [0.15, 0.2) is 5.69 Å². The Morgan fingerprint density at radius 2 is 2.14 bits per heavy atom.